The Morgan fingerprint density at radius 1 is 1.50 bits per heavy atom. The quantitative estimate of drug-likeness (QED) is 0.418. The minimum Gasteiger partial charge on any atom is -0.390 e. The third kappa shape index (κ3) is 2.00. The molecule has 80 valence electrons. The first-order valence-corrected chi connectivity index (χ1v) is 4.99. The van der Waals surface area contributed by atoms with Gasteiger partial charge >= 0.3 is 0 Å². The van der Waals surface area contributed by atoms with Gasteiger partial charge in [-0.05, 0) is 24.8 Å². The smallest absolute Gasteiger partial charge is 0.0837 e. The second-order valence-electron chi connectivity index (χ2n) is 3.83. The molecule has 0 aromatic rings. The molecular weight excluding hydrogens is 182 g/mol. The third-order valence-corrected chi connectivity index (χ3v) is 2.92. The molecule has 1 heterocycles. The highest BCUT2D eigenvalue weighted by molar-refractivity contribution is 4.92. The number of nitrogens with zero attached hydrogens (tertiary/aromatic N) is 3. The third-order valence-electron chi connectivity index (χ3n) is 2.92. The fourth-order valence-corrected chi connectivity index (χ4v) is 2.00. The van der Waals surface area contributed by atoms with Crippen molar-refractivity contribution in [3.63, 3.8) is 0 Å². The fraction of sp³-hybridized carbons (Fsp3) is 1.00. The van der Waals surface area contributed by atoms with E-state index in [0.29, 0.717) is 0 Å². The lowest BCUT2D eigenvalue weighted by Crippen LogP contribution is -2.50. The first-order valence-electron chi connectivity index (χ1n) is 4.99. The lowest BCUT2D eigenvalue weighted by molar-refractivity contribution is -0.145. The van der Waals surface area contributed by atoms with Crippen molar-refractivity contribution < 1.29 is 9.84 Å². The number of aliphatic hydroxyl groups excluding tert-OH is 1. The molecule has 1 saturated heterocycles. The van der Waals surface area contributed by atoms with Crippen LogP contribution < -0.4 is 0 Å². The first-order chi connectivity index (χ1) is 6.61. The highest BCUT2D eigenvalue weighted by Crippen LogP contribution is 2.29. The SMILES string of the molecule is CCC1O[C@@H](C)C(N=[N+]=[N-])[C@@H](C)[C@H]1O. The van der Waals surface area contributed by atoms with E-state index < -0.39 is 6.10 Å². The number of hydrogen-bond acceptors (Lipinski definition) is 3. The van der Waals surface area contributed by atoms with E-state index in [9.17, 15) is 5.11 Å². The molecule has 0 spiro atoms. The highest BCUT2D eigenvalue weighted by Gasteiger charge is 2.39. The average Bonchev–Trinajstić information content (AvgIpc) is 2.18. The minimum atomic E-state index is -0.535. The van der Waals surface area contributed by atoms with Crippen LogP contribution in [0.15, 0.2) is 5.11 Å². The number of azide groups is 1. The lowest BCUT2D eigenvalue weighted by atomic mass is 9.86. The van der Waals surface area contributed by atoms with Gasteiger partial charge in [0, 0.05) is 4.91 Å². The van der Waals surface area contributed by atoms with Gasteiger partial charge < -0.3 is 9.84 Å². The van der Waals surface area contributed by atoms with E-state index in [2.05, 4.69) is 10.0 Å². The summed E-state index contributed by atoms with van der Waals surface area (Å²) in [5.41, 5.74) is 8.38. The summed E-state index contributed by atoms with van der Waals surface area (Å²) in [6, 6.07) is -0.266. The van der Waals surface area contributed by atoms with Crippen LogP contribution >= 0.6 is 0 Å². The van der Waals surface area contributed by atoms with Crippen LogP contribution in [0.1, 0.15) is 27.2 Å². The molecule has 0 aromatic carbocycles. The van der Waals surface area contributed by atoms with Crippen LogP contribution in [0.5, 0.6) is 0 Å². The molecular formula is C9H17N3O2. The van der Waals surface area contributed by atoms with E-state index in [1.165, 1.54) is 0 Å². The zero-order valence-electron chi connectivity index (χ0n) is 8.79. The maximum Gasteiger partial charge on any atom is 0.0837 e. The number of rotatable bonds is 2. The molecule has 5 heteroatoms. The Hall–Kier alpha value is -0.770. The van der Waals surface area contributed by atoms with Gasteiger partial charge in [0.1, 0.15) is 0 Å². The summed E-state index contributed by atoms with van der Waals surface area (Å²) >= 11 is 0. The van der Waals surface area contributed by atoms with Gasteiger partial charge in [-0.15, -0.1) is 0 Å². The molecule has 5 nitrogen and oxygen atoms in total. The maximum atomic E-state index is 9.84. The van der Waals surface area contributed by atoms with Crippen molar-refractivity contribution in [2.75, 3.05) is 0 Å². The highest BCUT2D eigenvalue weighted by atomic mass is 16.5. The molecule has 0 amide bonds. The zero-order chi connectivity index (χ0) is 10.7. The second kappa shape index (κ2) is 4.64. The van der Waals surface area contributed by atoms with Gasteiger partial charge in [-0.25, -0.2) is 0 Å². The van der Waals surface area contributed by atoms with Crippen LogP contribution in [-0.4, -0.2) is 29.5 Å². The number of hydrogen-bond donors (Lipinski definition) is 1. The van der Waals surface area contributed by atoms with Crippen LogP contribution in [0.4, 0.5) is 0 Å². The number of aliphatic hydroxyl groups is 1. The molecule has 0 aliphatic carbocycles. The summed E-state index contributed by atoms with van der Waals surface area (Å²) in [6.45, 7) is 5.75. The van der Waals surface area contributed by atoms with E-state index in [0.717, 1.165) is 6.42 Å². The molecule has 1 rings (SSSR count). The van der Waals surface area contributed by atoms with E-state index in [1.807, 2.05) is 20.8 Å². The zero-order valence-corrected chi connectivity index (χ0v) is 8.79. The Kier molecular flexibility index (Phi) is 3.75. The molecule has 0 radical (unpaired) electrons. The Bertz CT molecular complexity index is 240. The summed E-state index contributed by atoms with van der Waals surface area (Å²) in [6.07, 6.45) is -0.00940. The normalized spacial score (nSPS) is 43.0. The molecule has 0 saturated carbocycles. The molecule has 14 heavy (non-hydrogen) atoms. The molecule has 2 unspecified atom stereocenters. The minimum absolute atomic E-state index is 0.0420. The summed E-state index contributed by atoms with van der Waals surface area (Å²) in [7, 11) is 0. The largest absolute Gasteiger partial charge is 0.390 e. The van der Waals surface area contributed by atoms with Crippen molar-refractivity contribution in [2.24, 2.45) is 11.0 Å². The van der Waals surface area contributed by atoms with Gasteiger partial charge in [0.25, 0.3) is 0 Å². The Morgan fingerprint density at radius 2 is 2.14 bits per heavy atom. The van der Waals surface area contributed by atoms with E-state index in [1.54, 1.807) is 0 Å². The molecule has 1 fully saturated rings. The monoisotopic (exact) mass is 199 g/mol. The van der Waals surface area contributed by atoms with Crippen molar-refractivity contribution in [1.82, 2.24) is 0 Å². The molecule has 1 aliphatic rings. The predicted octanol–water partition coefficient (Wildman–Crippen LogP) is 1.86. The van der Waals surface area contributed by atoms with Gasteiger partial charge in [-0.2, -0.15) is 0 Å². The van der Waals surface area contributed by atoms with Crippen LogP contribution in [0.25, 0.3) is 10.4 Å². The summed E-state index contributed by atoms with van der Waals surface area (Å²) in [5, 5.41) is 13.5. The summed E-state index contributed by atoms with van der Waals surface area (Å²) < 4.78 is 5.57. The van der Waals surface area contributed by atoms with Crippen molar-refractivity contribution in [2.45, 2.75) is 51.5 Å². The van der Waals surface area contributed by atoms with Gasteiger partial charge in [-0.3, -0.25) is 0 Å². The second-order valence-corrected chi connectivity index (χ2v) is 3.83. The van der Waals surface area contributed by atoms with E-state index >= 15 is 0 Å². The molecule has 0 aromatic heterocycles. The summed E-state index contributed by atoms with van der Waals surface area (Å²) in [5.74, 6) is -0.0420. The van der Waals surface area contributed by atoms with E-state index in [-0.39, 0.29) is 24.2 Å². The number of ether oxygens (including phenoxy) is 1. The van der Waals surface area contributed by atoms with Gasteiger partial charge in [0.2, 0.25) is 0 Å². The molecule has 0 bridgehead atoms. The lowest BCUT2D eigenvalue weighted by Gasteiger charge is -2.40. The topological polar surface area (TPSA) is 78.2 Å². The molecule has 5 atom stereocenters. The summed E-state index contributed by atoms with van der Waals surface area (Å²) in [4.78, 5) is 2.78. The molecule has 1 aliphatic heterocycles. The maximum absolute atomic E-state index is 9.84. The first kappa shape index (κ1) is 11.3. The fourth-order valence-electron chi connectivity index (χ4n) is 2.00. The van der Waals surface area contributed by atoms with Crippen LogP contribution in [0.2, 0.25) is 0 Å². The Balaban J connectivity index is 2.78. The van der Waals surface area contributed by atoms with Gasteiger partial charge in [-0.1, -0.05) is 19.0 Å². The van der Waals surface area contributed by atoms with Crippen molar-refractivity contribution in [3.05, 3.63) is 10.4 Å². The Morgan fingerprint density at radius 3 is 2.64 bits per heavy atom. The van der Waals surface area contributed by atoms with Gasteiger partial charge in [0.05, 0.1) is 24.4 Å². The van der Waals surface area contributed by atoms with E-state index in [4.69, 9.17) is 10.3 Å². The predicted molar refractivity (Wildman–Crippen MR) is 52.7 cm³/mol. The van der Waals surface area contributed by atoms with Gasteiger partial charge in [0.15, 0.2) is 0 Å². The van der Waals surface area contributed by atoms with Crippen molar-refractivity contribution in [1.29, 1.82) is 0 Å². The van der Waals surface area contributed by atoms with Crippen LogP contribution in [-0.2, 0) is 4.74 Å². The van der Waals surface area contributed by atoms with Crippen LogP contribution in [0.3, 0.4) is 0 Å². The van der Waals surface area contributed by atoms with Crippen molar-refractivity contribution in [3.8, 4) is 0 Å². The molecule has 1 N–H and O–H groups in total. The average molecular weight is 199 g/mol. The van der Waals surface area contributed by atoms with Crippen LogP contribution in [0, 0.1) is 5.92 Å². The van der Waals surface area contributed by atoms with Crippen molar-refractivity contribution >= 4 is 0 Å². The standard InChI is InChI=1S/C9H17N3O2/c1-4-7-9(13)5(2)8(11-12-10)6(3)14-7/h5-9,13H,4H2,1-3H3/t5-,6+,7?,8?,9-/m1/s1. The Labute approximate surface area is 83.7 Å².